The minimum absolute atomic E-state index is 0.0304. The zero-order valence-electron chi connectivity index (χ0n) is 11.3. The van der Waals surface area contributed by atoms with Gasteiger partial charge >= 0.3 is 0 Å². The fourth-order valence-electron chi connectivity index (χ4n) is 2.05. The third-order valence-corrected chi connectivity index (χ3v) is 3.20. The van der Waals surface area contributed by atoms with E-state index in [2.05, 4.69) is 5.32 Å². The summed E-state index contributed by atoms with van der Waals surface area (Å²) in [4.78, 5) is 10.5. The molecule has 6 heteroatoms. The number of nitrogens with zero attached hydrogens (tertiary/aromatic N) is 1. The monoisotopic (exact) mass is 292 g/mol. The average molecular weight is 292 g/mol. The minimum Gasteiger partial charge on any atom is -0.306 e. The van der Waals surface area contributed by atoms with Crippen LogP contribution in [0.4, 0.5) is 14.5 Å². The molecule has 0 aliphatic heterocycles. The van der Waals surface area contributed by atoms with E-state index < -0.39 is 16.6 Å². The van der Waals surface area contributed by atoms with Gasteiger partial charge in [-0.1, -0.05) is 24.3 Å². The molecule has 2 aromatic carbocycles. The first kappa shape index (κ1) is 15.1. The van der Waals surface area contributed by atoms with Crippen LogP contribution < -0.4 is 5.32 Å². The Morgan fingerprint density at radius 1 is 1.19 bits per heavy atom. The van der Waals surface area contributed by atoms with E-state index in [1.54, 1.807) is 25.1 Å². The summed E-state index contributed by atoms with van der Waals surface area (Å²) in [7, 11) is 0. The van der Waals surface area contributed by atoms with E-state index in [-0.39, 0.29) is 18.3 Å². The van der Waals surface area contributed by atoms with Crippen LogP contribution in [0.2, 0.25) is 0 Å². The zero-order chi connectivity index (χ0) is 15.4. The molecule has 0 heterocycles. The average Bonchev–Trinajstić information content (AvgIpc) is 2.48. The largest absolute Gasteiger partial charge is 0.306 e. The molecule has 4 nitrogen and oxygen atoms in total. The van der Waals surface area contributed by atoms with Gasteiger partial charge in [0.25, 0.3) is 5.69 Å². The molecular weight excluding hydrogens is 278 g/mol. The van der Waals surface area contributed by atoms with Gasteiger partial charge in [0, 0.05) is 24.2 Å². The first-order valence-corrected chi connectivity index (χ1v) is 6.39. The predicted molar refractivity (Wildman–Crippen MR) is 74.7 cm³/mol. The van der Waals surface area contributed by atoms with Gasteiger partial charge < -0.3 is 5.32 Å². The van der Waals surface area contributed by atoms with E-state index in [9.17, 15) is 18.9 Å². The molecule has 1 N–H and O–H groups in total. The predicted octanol–water partition coefficient (Wildman–Crippen LogP) is 3.72. The Kier molecular flexibility index (Phi) is 4.59. The van der Waals surface area contributed by atoms with Crippen molar-refractivity contribution in [2.75, 3.05) is 0 Å². The van der Waals surface area contributed by atoms with Crippen LogP contribution in [-0.4, -0.2) is 4.92 Å². The second-order valence-electron chi connectivity index (χ2n) is 4.67. The van der Waals surface area contributed by atoms with Crippen molar-refractivity contribution in [3.63, 3.8) is 0 Å². The van der Waals surface area contributed by atoms with Crippen molar-refractivity contribution in [2.45, 2.75) is 19.5 Å². The Labute approximate surface area is 120 Å². The standard InChI is InChI=1S/C15H14F2N2O2/c1-10(12-4-2-3-5-15(12)19(20)21)18-9-11-6-7-13(16)14(17)8-11/h2-8,10,18H,9H2,1H3. The second kappa shape index (κ2) is 6.41. The smallest absolute Gasteiger partial charge is 0.274 e. The number of nitrogens with one attached hydrogen (secondary N) is 1. The van der Waals surface area contributed by atoms with Crippen LogP contribution in [-0.2, 0) is 6.54 Å². The number of benzene rings is 2. The van der Waals surface area contributed by atoms with Crippen LogP contribution in [0, 0.1) is 21.7 Å². The molecule has 110 valence electrons. The lowest BCUT2D eigenvalue weighted by Gasteiger charge is -2.14. The summed E-state index contributed by atoms with van der Waals surface area (Å²) in [6.07, 6.45) is 0. The van der Waals surface area contributed by atoms with Crippen molar-refractivity contribution >= 4 is 5.69 Å². The lowest BCUT2D eigenvalue weighted by molar-refractivity contribution is -0.385. The van der Waals surface area contributed by atoms with Gasteiger partial charge in [0.05, 0.1) is 4.92 Å². The highest BCUT2D eigenvalue weighted by Gasteiger charge is 2.17. The van der Waals surface area contributed by atoms with Crippen LogP contribution >= 0.6 is 0 Å². The number of hydrogen-bond donors (Lipinski definition) is 1. The van der Waals surface area contributed by atoms with Gasteiger partial charge in [0.1, 0.15) is 0 Å². The van der Waals surface area contributed by atoms with E-state index in [1.165, 1.54) is 12.1 Å². The lowest BCUT2D eigenvalue weighted by atomic mass is 10.1. The number of para-hydroxylation sites is 1. The Morgan fingerprint density at radius 2 is 1.90 bits per heavy atom. The minimum atomic E-state index is -0.910. The van der Waals surface area contributed by atoms with E-state index in [1.807, 2.05) is 0 Å². The number of nitro groups is 1. The van der Waals surface area contributed by atoms with Gasteiger partial charge in [-0.2, -0.15) is 0 Å². The SMILES string of the molecule is CC(NCc1ccc(F)c(F)c1)c1ccccc1[N+](=O)[O-]. The van der Waals surface area contributed by atoms with Gasteiger partial charge in [0.15, 0.2) is 11.6 Å². The molecule has 0 aliphatic carbocycles. The normalized spacial score (nSPS) is 12.1. The summed E-state index contributed by atoms with van der Waals surface area (Å²) >= 11 is 0. The molecular formula is C15H14F2N2O2. The maximum absolute atomic E-state index is 13.1. The Hall–Kier alpha value is -2.34. The van der Waals surface area contributed by atoms with Crippen molar-refractivity contribution in [3.05, 3.63) is 75.3 Å². The summed E-state index contributed by atoms with van der Waals surface area (Å²) in [5.74, 6) is -1.81. The van der Waals surface area contributed by atoms with E-state index >= 15 is 0 Å². The molecule has 0 saturated heterocycles. The van der Waals surface area contributed by atoms with Crippen LogP contribution in [0.5, 0.6) is 0 Å². The molecule has 1 unspecified atom stereocenters. The van der Waals surface area contributed by atoms with Gasteiger partial charge in [-0.05, 0) is 24.6 Å². The van der Waals surface area contributed by atoms with Gasteiger partial charge in [-0.3, -0.25) is 10.1 Å². The highest BCUT2D eigenvalue weighted by atomic mass is 19.2. The van der Waals surface area contributed by atoms with Crippen molar-refractivity contribution in [1.82, 2.24) is 5.32 Å². The summed E-state index contributed by atoms with van der Waals surface area (Å²) in [5, 5.41) is 14.0. The molecule has 0 fully saturated rings. The van der Waals surface area contributed by atoms with Crippen molar-refractivity contribution in [3.8, 4) is 0 Å². The van der Waals surface area contributed by atoms with Crippen molar-refractivity contribution in [2.24, 2.45) is 0 Å². The van der Waals surface area contributed by atoms with Crippen LogP contribution in [0.15, 0.2) is 42.5 Å². The molecule has 0 saturated carbocycles. The maximum atomic E-state index is 13.1. The second-order valence-corrected chi connectivity index (χ2v) is 4.67. The van der Waals surface area contributed by atoms with E-state index in [4.69, 9.17) is 0 Å². The number of rotatable bonds is 5. The fourth-order valence-corrected chi connectivity index (χ4v) is 2.05. The van der Waals surface area contributed by atoms with Crippen LogP contribution in [0.1, 0.15) is 24.1 Å². The third kappa shape index (κ3) is 3.61. The first-order valence-electron chi connectivity index (χ1n) is 6.39. The van der Waals surface area contributed by atoms with E-state index in [0.29, 0.717) is 11.1 Å². The highest BCUT2D eigenvalue weighted by molar-refractivity contribution is 5.41. The molecule has 21 heavy (non-hydrogen) atoms. The molecule has 2 rings (SSSR count). The van der Waals surface area contributed by atoms with Crippen molar-refractivity contribution in [1.29, 1.82) is 0 Å². The molecule has 0 aliphatic rings. The maximum Gasteiger partial charge on any atom is 0.274 e. The van der Waals surface area contributed by atoms with Crippen LogP contribution in [0.3, 0.4) is 0 Å². The Balaban J connectivity index is 2.10. The zero-order valence-corrected chi connectivity index (χ0v) is 11.3. The summed E-state index contributed by atoms with van der Waals surface area (Å²) in [5.41, 5.74) is 1.15. The lowest BCUT2D eigenvalue weighted by Crippen LogP contribution is -2.19. The topological polar surface area (TPSA) is 55.2 Å². The third-order valence-electron chi connectivity index (χ3n) is 3.20. The number of nitro benzene ring substituents is 1. The number of halogens is 2. The van der Waals surface area contributed by atoms with Gasteiger partial charge in [-0.15, -0.1) is 0 Å². The molecule has 2 aromatic rings. The summed E-state index contributed by atoms with van der Waals surface area (Å²) in [6, 6.07) is 9.77. The summed E-state index contributed by atoms with van der Waals surface area (Å²) < 4.78 is 25.9. The Morgan fingerprint density at radius 3 is 2.57 bits per heavy atom. The molecule has 0 aromatic heterocycles. The molecule has 0 amide bonds. The van der Waals surface area contributed by atoms with Gasteiger partial charge in [-0.25, -0.2) is 8.78 Å². The van der Waals surface area contributed by atoms with Crippen LogP contribution in [0.25, 0.3) is 0 Å². The first-order chi connectivity index (χ1) is 9.99. The molecule has 0 bridgehead atoms. The molecule has 0 radical (unpaired) electrons. The number of hydrogen-bond acceptors (Lipinski definition) is 3. The molecule has 1 atom stereocenters. The van der Waals surface area contributed by atoms with E-state index in [0.717, 1.165) is 12.1 Å². The quantitative estimate of drug-likeness (QED) is 0.675. The highest BCUT2D eigenvalue weighted by Crippen LogP contribution is 2.24. The Bertz CT molecular complexity index is 662. The van der Waals surface area contributed by atoms with Crippen molar-refractivity contribution < 1.29 is 13.7 Å². The fraction of sp³-hybridized carbons (Fsp3) is 0.200. The summed E-state index contributed by atoms with van der Waals surface area (Å²) in [6.45, 7) is 2.06. The molecule has 0 spiro atoms. The van der Waals surface area contributed by atoms with Gasteiger partial charge in [0.2, 0.25) is 0 Å².